The number of nitrogens with two attached hydrogens (primary N) is 1. The summed E-state index contributed by atoms with van der Waals surface area (Å²) in [6.07, 6.45) is 3.16. The number of nitrogens with one attached hydrogen (secondary N) is 2. The Balaban J connectivity index is 1.90. The zero-order valence-corrected chi connectivity index (χ0v) is 21.2. The molecule has 190 valence electrons. The molecule has 35 heavy (non-hydrogen) atoms. The van der Waals surface area contributed by atoms with Crippen LogP contribution in [0.3, 0.4) is 0 Å². The number of aryl methyl sites for hydroxylation is 1. The van der Waals surface area contributed by atoms with Gasteiger partial charge in [0.1, 0.15) is 17.7 Å². The molecule has 0 radical (unpaired) electrons. The Labute approximate surface area is 206 Å². The topological polar surface area (TPSA) is 146 Å². The molecule has 1 heterocycles. The Kier molecular flexibility index (Phi) is 8.07. The number of benzene rings is 2. The number of hydrogen-bond donors (Lipinski definition) is 4. The number of aliphatic carboxylic acids is 1. The van der Waals surface area contributed by atoms with Crippen LogP contribution in [0.15, 0.2) is 42.5 Å². The lowest BCUT2D eigenvalue weighted by Crippen LogP contribution is -2.43. The Hall–Kier alpha value is -3.11. The zero-order valence-electron chi connectivity index (χ0n) is 20.4. The minimum absolute atomic E-state index is 0.0589. The second kappa shape index (κ2) is 10.7. The van der Waals surface area contributed by atoms with Crippen molar-refractivity contribution in [2.24, 2.45) is 5.73 Å². The van der Waals surface area contributed by atoms with Crippen LogP contribution in [0.1, 0.15) is 49.8 Å². The van der Waals surface area contributed by atoms with E-state index in [1.165, 1.54) is 10.6 Å². The molecule has 0 spiro atoms. The largest absolute Gasteiger partial charge is 0.490 e. The molecule has 9 nitrogen and oxygen atoms in total. The van der Waals surface area contributed by atoms with E-state index in [4.69, 9.17) is 15.9 Å². The van der Waals surface area contributed by atoms with Crippen LogP contribution in [0.2, 0.25) is 0 Å². The van der Waals surface area contributed by atoms with Crippen molar-refractivity contribution in [1.29, 1.82) is 5.41 Å². The Morgan fingerprint density at radius 1 is 1.20 bits per heavy atom. The summed E-state index contributed by atoms with van der Waals surface area (Å²) in [5.74, 6) is -0.502. The standard InChI is InChI=1S/C25H34N4O5S/c1-4-17-14-19(16-22(15-17)34-21-10-12-29(13-11-21)35(3,32)33)25(5-2,24(30)31)28-20-8-6-18(7-9-20)23(26)27/h6-9,14-16,21,28H,4-5,10-13H2,1-3H3,(H3,26,27)(H,30,31). The molecule has 1 fully saturated rings. The number of anilines is 1. The summed E-state index contributed by atoms with van der Waals surface area (Å²) in [5.41, 5.74) is 6.80. The Morgan fingerprint density at radius 3 is 2.31 bits per heavy atom. The predicted molar refractivity (Wildman–Crippen MR) is 137 cm³/mol. The van der Waals surface area contributed by atoms with Gasteiger partial charge in [-0.25, -0.2) is 17.5 Å². The van der Waals surface area contributed by atoms with Gasteiger partial charge in [0.15, 0.2) is 5.54 Å². The van der Waals surface area contributed by atoms with Crippen LogP contribution < -0.4 is 15.8 Å². The van der Waals surface area contributed by atoms with Gasteiger partial charge < -0.3 is 20.9 Å². The van der Waals surface area contributed by atoms with Gasteiger partial charge in [0.2, 0.25) is 10.0 Å². The number of hydrogen-bond acceptors (Lipinski definition) is 6. The third-order valence-electron chi connectivity index (χ3n) is 6.49. The van der Waals surface area contributed by atoms with Crippen LogP contribution >= 0.6 is 0 Å². The maximum Gasteiger partial charge on any atom is 0.334 e. The number of piperidine rings is 1. The summed E-state index contributed by atoms with van der Waals surface area (Å²) >= 11 is 0. The summed E-state index contributed by atoms with van der Waals surface area (Å²) in [6.45, 7) is 4.60. The maximum atomic E-state index is 12.6. The summed E-state index contributed by atoms with van der Waals surface area (Å²) in [6, 6.07) is 12.3. The molecule has 0 aliphatic carbocycles. The zero-order chi connectivity index (χ0) is 25.8. The first-order valence-electron chi connectivity index (χ1n) is 11.7. The summed E-state index contributed by atoms with van der Waals surface area (Å²) in [7, 11) is -3.22. The number of amidine groups is 1. The molecule has 0 aromatic heterocycles. The van der Waals surface area contributed by atoms with Crippen molar-refractivity contribution in [3.05, 3.63) is 59.2 Å². The highest BCUT2D eigenvalue weighted by Crippen LogP contribution is 2.34. The molecule has 0 saturated carbocycles. The normalized spacial score (nSPS) is 16.9. The summed E-state index contributed by atoms with van der Waals surface area (Å²) in [4.78, 5) is 12.6. The predicted octanol–water partition coefficient (Wildman–Crippen LogP) is 3.14. The number of nitrogens with zero attached hydrogens (tertiary/aromatic N) is 1. The molecule has 1 aliphatic heterocycles. The van der Waals surface area contributed by atoms with Gasteiger partial charge in [-0.15, -0.1) is 0 Å². The maximum absolute atomic E-state index is 12.6. The van der Waals surface area contributed by atoms with Crippen LogP contribution in [0, 0.1) is 5.41 Å². The lowest BCUT2D eigenvalue weighted by molar-refractivity contribution is -0.142. The molecule has 1 saturated heterocycles. The lowest BCUT2D eigenvalue weighted by Gasteiger charge is -2.33. The quantitative estimate of drug-likeness (QED) is 0.288. The smallest absolute Gasteiger partial charge is 0.334 e. The number of carboxylic acids is 1. The number of carbonyl (C=O) groups is 1. The minimum atomic E-state index is -3.22. The summed E-state index contributed by atoms with van der Waals surface area (Å²) < 4.78 is 31.3. The van der Waals surface area contributed by atoms with E-state index in [1.807, 2.05) is 26.0 Å². The fourth-order valence-electron chi connectivity index (χ4n) is 4.33. The van der Waals surface area contributed by atoms with E-state index in [0.717, 1.165) is 5.56 Å². The average Bonchev–Trinajstić information content (AvgIpc) is 2.82. The molecule has 2 aromatic carbocycles. The molecule has 1 aliphatic rings. The highest BCUT2D eigenvalue weighted by molar-refractivity contribution is 7.88. The minimum Gasteiger partial charge on any atom is -0.490 e. The van der Waals surface area contributed by atoms with Gasteiger partial charge in [0.05, 0.1) is 6.26 Å². The third-order valence-corrected chi connectivity index (χ3v) is 7.79. The highest BCUT2D eigenvalue weighted by Gasteiger charge is 2.39. The number of nitrogen functional groups attached to an aromatic ring is 1. The van der Waals surface area contributed by atoms with Crippen molar-refractivity contribution in [1.82, 2.24) is 4.31 Å². The molecule has 0 bridgehead atoms. The van der Waals surface area contributed by atoms with Crippen molar-refractivity contribution >= 4 is 27.5 Å². The summed E-state index contributed by atoms with van der Waals surface area (Å²) in [5, 5.41) is 21.1. The Morgan fingerprint density at radius 2 is 1.83 bits per heavy atom. The highest BCUT2D eigenvalue weighted by atomic mass is 32.2. The van der Waals surface area contributed by atoms with Gasteiger partial charge in [0.25, 0.3) is 0 Å². The molecule has 1 unspecified atom stereocenters. The first-order chi connectivity index (χ1) is 16.5. The van der Waals surface area contributed by atoms with E-state index >= 15 is 0 Å². The first kappa shape index (κ1) is 26.5. The number of rotatable bonds is 10. The fraction of sp³-hybridized carbons (Fsp3) is 0.440. The Bertz CT molecular complexity index is 1170. The van der Waals surface area contributed by atoms with Gasteiger partial charge in [-0.1, -0.05) is 19.9 Å². The van der Waals surface area contributed by atoms with Crippen LogP contribution in [-0.2, 0) is 26.8 Å². The first-order valence-corrected chi connectivity index (χ1v) is 13.6. The molecule has 1 atom stereocenters. The molecule has 0 amide bonds. The van der Waals surface area contributed by atoms with E-state index in [0.29, 0.717) is 54.9 Å². The lowest BCUT2D eigenvalue weighted by atomic mass is 9.85. The van der Waals surface area contributed by atoms with Crippen molar-refractivity contribution in [2.45, 2.75) is 51.2 Å². The van der Waals surface area contributed by atoms with Crippen molar-refractivity contribution in [3.63, 3.8) is 0 Å². The van der Waals surface area contributed by atoms with Crippen LogP contribution in [0.4, 0.5) is 5.69 Å². The van der Waals surface area contributed by atoms with Crippen molar-refractivity contribution in [3.8, 4) is 5.75 Å². The van der Waals surface area contributed by atoms with Gasteiger partial charge in [0, 0.05) is 24.3 Å². The van der Waals surface area contributed by atoms with E-state index in [-0.39, 0.29) is 18.4 Å². The van der Waals surface area contributed by atoms with Crippen LogP contribution in [0.25, 0.3) is 0 Å². The molecular formula is C25H34N4O5S. The average molecular weight is 503 g/mol. The van der Waals surface area contributed by atoms with Crippen molar-refractivity contribution in [2.75, 3.05) is 24.7 Å². The molecular weight excluding hydrogens is 468 g/mol. The fourth-order valence-corrected chi connectivity index (χ4v) is 5.20. The SMILES string of the molecule is CCc1cc(OC2CCN(S(C)(=O)=O)CC2)cc(C(CC)(Nc2ccc(C(=N)N)cc2)C(=O)O)c1. The van der Waals surface area contributed by atoms with Crippen LogP contribution in [-0.4, -0.2) is 55.1 Å². The molecule has 5 N–H and O–H groups in total. The van der Waals surface area contributed by atoms with Gasteiger partial charge in [-0.05, 0) is 73.2 Å². The number of ether oxygens (including phenoxy) is 1. The van der Waals surface area contributed by atoms with E-state index in [1.54, 1.807) is 30.3 Å². The van der Waals surface area contributed by atoms with Gasteiger partial charge in [-0.2, -0.15) is 0 Å². The second-order valence-electron chi connectivity index (χ2n) is 8.88. The van der Waals surface area contributed by atoms with E-state index < -0.39 is 21.5 Å². The second-order valence-corrected chi connectivity index (χ2v) is 10.9. The monoisotopic (exact) mass is 502 g/mol. The van der Waals surface area contributed by atoms with E-state index in [9.17, 15) is 18.3 Å². The van der Waals surface area contributed by atoms with Gasteiger partial charge >= 0.3 is 5.97 Å². The molecule has 3 rings (SSSR count). The van der Waals surface area contributed by atoms with Crippen molar-refractivity contribution < 1.29 is 23.1 Å². The van der Waals surface area contributed by atoms with Crippen LogP contribution in [0.5, 0.6) is 5.75 Å². The molecule has 10 heteroatoms. The number of carboxylic acid groups (broad SMARTS) is 1. The molecule has 2 aromatic rings. The van der Waals surface area contributed by atoms with E-state index in [2.05, 4.69) is 5.32 Å². The number of sulfonamides is 1. The van der Waals surface area contributed by atoms with Gasteiger partial charge in [-0.3, -0.25) is 5.41 Å². The third kappa shape index (κ3) is 6.12.